The van der Waals surface area contributed by atoms with Gasteiger partial charge in [0.1, 0.15) is 6.61 Å². The van der Waals surface area contributed by atoms with Gasteiger partial charge in [-0.2, -0.15) is 0 Å². The molecule has 0 amide bonds. The highest BCUT2D eigenvalue weighted by Gasteiger charge is 2.20. The van der Waals surface area contributed by atoms with Gasteiger partial charge in [-0.3, -0.25) is 0 Å². The lowest BCUT2D eigenvalue weighted by Crippen LogP contribution is -2.14. The molecule has 3 rings (SSSR count). The lowest BCUT2D eigenvalue weighted by Gasteiger charge is -2.08. The van der Waals surface area contributed by atoms with Crippen LogP contribution in [0.15, 0.2) is 41.6 Å². The monoisotopic (exact) mass is 282 g/mol. The van der Waals surface area contributed by atoms with Crippen LogP contribution >= 0.6 is 0 Å². The maximum atomic E-state index is 5.50. The molecule has 0 bridgehead atoms. The van der Waals surface area contributed by atoms with Crippen LogP contribution in [0, 0.1) is 0 Å². The van der Waals surface area contributed by atoms with Crippen LogP contribution in [-0.2, 0) is 11.3 Å². The molecule has 0 radical (unpaired) electrons. The average Bonchev–Trinajstić information content (AvgIpc) is 2.90. The van der Waals surface area contributed by atoms with E-state index in [9.17, 15) is 0 Å². The molecule has 1 aliphatic rings. The number of rotatable bonds is 5. The van der Waals surface area contributed by atoms with E-state index in [0.717, 1.165) is 31.5 Å². The summed E-state index contributed by atoms with van der Waals surface area (Å²) in [5.41, 5.74) is 3.78. The Morgan fingerprint density at radius 1 is 1.10 bits per heavy atom. The highest BCUT2D eigenvalue weighted by Crippen LogP contribution is 2.30. The van der Waals surface area contributed by atoms with Crippen molar-refractivity contribution in [1.82, 2.24) is 4.90 Å². The minimum Gasteiger partial charge on any atom is -0.396 e. The maximum Gasteiger partial charge on any atom is 0.118 e. The van der Waals surface area contributed by atoms with E-state index in [1.54, 1.807) is 0 Å². The molecule has 0 saturated heterocycles. The molecule has 2 aromatic rings. The number of oxime groups is 1. The number of nitrogens with zero attached hydrogens (tertiary/aromatic N) is 2. The highest BCUT2D eigenvalue weighted by molar-refractivity contribution is 6.08. The summed E-state index contributed by atoms with van der Waals surface area (Å²) in [4.78, 5) is 7.66. The predicted octanol–water partition coefficient (Wildman–Crippen LogP) is 3.46. The van der Waals surface area contributed by atoms with E-state index in [2.05, 4.69) is 60.5 Å². The van der Waals surface area contributed by atoms with Crippen LogP contribution in [-0.4, -0.2) is 37.9 Å². The second kappa shape index (κ2) is 6.27. The van der Waals surface area contributed by atoms with E-state index in [-0.39, 0.29) is 0 Å². The van der Waals surface area contributed by atoms with Gasteiger partial charge in [0.05, 0.1) is 5.71 Å². The summed E-state index contributed by atoms with van der Waals surface area (Å²) in [6, 6.07) is 12.9. The molecule has 0 unspecified atom stereocenters. The van der Waals surface area contributed by atoms with Crippen molar-refractivity contribution in [2.45, 2.75) is 19.3 Å². The number of aryl methyl sites for hydroxylation is 1. The van der Waals surface area contributed by atoms with Gasteiger partial charge in [0.25, 0.3) is 0 Å². The Labute approximate surface area is 126 Å². The zero-order chi connectivity index (χ0) is 14.7. The van der Waals surface area contributed by atoms with E-state index in [1.165, 1.54) is 21.9 Å². The van der Waals surface area contributed by atoms with E-state index in [0.29, 0.717) is 6.61 Å². The van der Waals surface area contributed by atoms with Gasteiger partial charge >= 0.3 is 0 Å². The van der Waals surface area contributed by atoms with Crippen LogP contribution in [0.1, 0.15) is 24.0 Å². The molecule has 110 valence electrons. The smallest absolute Gasteiger partial charge is 0.118 e. The molecule has 0 aromatic heterocycles. The van der Waals surface area contributed by atoms with Crippen LogP contribution < -0.4 is 0 Å². The van der Waals surface area contributed by atoms with Crippen LogP contribution in [0.2, 0.25) is 0 Å². The topological polar surface area (TPSA) is 24.8 Å². The first kappa shape index (κ1) is 14.1. The van der Waals surface area contributed by atoms with E-state index in [4.69, 9.17) is 4.84 Å². The van der Waals surface area contributed by atoms with Crippen molar-refractivity contribution >= 4 is 16.5 Å². The van der Waals surface area contributed by atoms with Crippen molar-refractivity contribution in [2.75, 3.05) is 27.2 Å². The Morgan fingerprint density at radius 3 is 2.81 bits per heavy atom. The van der Waals surface area contributed by atoms with Crippen molar-refractivity contribution in [3.8, 4) is 0 Å². The Hall–Kier alpha value is -1.87. The number of hydrogen-bond donors (Lipinski definition) is 0. The van der Waals surface area contributed by atoms with Crippen molar-refractivity contribution in [2.24, 2.45) is 5.16 Å². The van der Waals surface area contributed by atoms with Gasteiger partial charge in [0.15, 0.2) is 0 Å². The molecule has 0 heterocycles. The summed E-state index contributed by atoms with van der Waals surface area (Å²) in [7, 11) is 4.15. The first-order valence-electron chi connectivity index (χ1n) is 7.60. The molecule has 21 heavy (non-hydrogen) atoms. The lowest BCUT2D eigenvalue weighted by molar-refractivity contribution is 0.135. The summed E-state index contributed by atoms with van der Waals surface area (Å²) in [6.45, 7) is 1.72. The lowest BCUT2D eigenvalue weighted by atomic mass is 10.0. The van der Waals surface area contributed by atoms with Gasteiger partial charge < -0.3 is 9.74 Å². The van der Waals surface area contributed by atoms with Gasteiger partial charge in [0.2, 0.25) is 0 Å². The van der Waals surface area contributed by atoms with Crippen LogP contribution in [0.4, 0.5) is 0 Å². The second-order valence-electron chi connectivity index (χ2n) is 5.84. The number of fused-ring (bicyclic) bond motifs is 3. The van der Waals surface area contributed by atoms with Gasteiger partial charge in [0, 0.05) is 12.1 Å². The van der Waals surface area contributed by atoms with Gasteiger partial charge in [-0.05, 0) is 49.7 Å². The summed E-state index contributed by atoms with van der Waals surface area (Å²) in [6.07, 6.45) is 3.06. The maximum absolute atomic E-state index is 5.50. The quantitative estimate of drug-likeness (QED) is 0.620. The Morgan fingerprint density at radius 2 is 1.95 bits per heavy atom. The van der Waals surface area contributed by atoms with Crippen molar-refractivity contribution in [3.63, 3.8) is 0 Å². The van der Waals surface area contributed by atoms with E-state index >= 15 is 0 Å². The third-order valence-corrected chi connectivity index (χ3v) is 3.98. The number of hydrogen-bond acceptors (Lipinski definition) is 3. The fourth-order valence-corrected chi connectivity index (χ4v) is 2.92. The predicted molar refractivity (Wildman–Crippen MR) is 87.9 cm³/mol. The van der Waals surface area contributed by atoms with E-state index < -0.39 is 0 Å². The summed E-state index contributed by atoms with van der Waals surface area (Å²) < 4.78 is 0. The summed E-state index contributed by atoms with van der Waals surface area (Å²) >= 11 is 0. The Balaban J connectivity index is 1.73. The van der Waals surface area contributed by atoms with Crippen LogP contribution in [0.3, 0.4) is 0 Å². The minimum absolute atomic E-state index is 0.685. The second-order valence-corrected chi connectivity index (χ2v) is 5.84. The molecule has 0 N–H and O–H groups in total. The van der Waals surface area contributed by atoms with Crippen molar-refractivity contribution < 1.29 is 4.84 Å². The molecule has 3 heteroatoms. The summed E-state index contributed by atoms with van der Waals surface area (Å²) in [5.74, 6) is 0. The average molecular weight is 282 g/mol. The molecule has 0 aliphatic heterocycles. The molecule has 0 atom stereocenters. The first-order chi connectivity index (χ1) is 10.3. The van der Waals surface area contributed by atoms with E-state index in [1.807, 2.05) is 0 Å². The molecule has 0 saturated carbocycles. The normalized spacial score (nSPS) is 15.9. The van der Waals surface area contributed by atoms with Crippen LogP contribution in [0.5, 0.6) is 0 Å². The van der Waals surface area contributed by atoms with Crippen molar-refractivity contribution in [3.05, 3.63) is 47.5 Å². The third kappa shape index (κ3) is 3.08. The summed E-state index contributed by atoms with van der Waals surface area (Å²) in [5, 5.41) is 7.03. The molecule has 3 nitrogen and oxygen atoms in total. The van der Waals surface area contributed by atoms with Crippen LogP contribution in [0.25, 0.3) is 10.8 Å². The Bertz CT molecular complexity index is 661. The highest BCUT2D eigenvalue weighted by atomic mass is 16.6. The molecule has 2 aromatic carbocycles. The van der Waals surface area contributed by atoms with Gasteiger partial charge in [-0.25, -0.2) is 0 Å². The SMILES string of the molecule is CN(C)CCCON=C1CCc2c1ccc1ccccc21. The molecule has 0 spiro atoms. The molecule has 0 fully saturated rings. The largest absolute Gasteiger partial charge is 0.396 e. The standard InChI is InChI=1S/C18H22N2O/c1-20(2)12-5-13-21-19-18-11-10-16-15-7-4-3-6-14(15)8-9-17(16)18/h3-4,6-9H,5,10-13H2,1-2H3. The first-order valence-corrected chi connectivity index (χ1v) is 7.60. The van der Waals surface area contributed by atoms with Gasteiger partial charge in [-0.15, -0.1) is 0 Å². The zero-order valence-corrected chi connectivity index (χ0v) is 12.8. The molecule has 1 aliphatic carbocycles. The molecular weight excluding hydrogens is 260 g/mol. The number of benzene rings is 2. The van der Waals surface area contributed by atoms with Gasteiger partial charge in [-0.1, -0.05) is 41.6 Å². The molecular formula is C18H22N2O. The van der Waals surface area contributed by atoms with Crippen molar-refractivity contribution in [1.29, 1.82) is 0 Å². The Kier molecular flexibility index (Phi) is 4.20. The fourth-order valence-electron chi connectivity index (χ4n) is 2.92. The fraction of sp³-hybridized carbons (Fsp3) is 0.389. The minimum atomic E-state index is 0.685. The zero-order valence-electron chi connectivity index (χ0n) is 12.8. The third-order valence-electron chi connectivity index (χ3n) is 3.98.